The van der Waals surface area contributed by atoms with Crippen LogP contribution in [0, 0.1) is 0 Å². The Labute approximate surface area is 66.5 Å². The first-order valence-electron chi connectivity index (χ1n) is 4.34. The fourth-order valence-corrected chi connectivity index (χ4v) is 2.40. The van der Waals surface area contributed by atoms with Crippen LogP contribution in [0.3, 0.4) is 0 Å². The minimum absolute atomic E-state index is 0.0579. The molecule has 0 saturated carbocycles. The summed E-state index contributed by atoms with van der Waals surface area (Å²) < 4.78 is 0. The van der Waals surface area contributed by atoms with Gasteiger partial charge in [-0.05, 0) is 32.2 Å². The van der Waals surface area contributed by atoms with Crippen LogP contribution in [0.25, 0.3) is 0 Å². The minimum Gasteiger partial charge on any atom is -0.368 e. The van der Waals surface area contributed by atoms with Crippen LogP contribution in [-0.2, 0) is 4.79 Å². The normalized spacial score (nSPS) is 37.5. The molecule has 0 aromatic carbocycles. The maximum atomic E-state index is 10.9. The van der Waals surface area contributed by atoms with Gasteiger partial charge in [-0.15, -0.1) is 0 Å². The molecule has 0 aromatic rings. The molecule has 2 atom stereocenters. The predicted octanol–water partition coefficient (Wildman–Crippen LogP) is 0.0985. The van der Waals surface area contributed by atoms with Crippen molar-refractivity contribution in [2.45, 2.75) is 37.8 Å². The largest absolute Gasteiger partial charge is 0.368 e. The number of nitrogens with zero attached hydrogens (tertiary/aromatic N) is 1. The summed E-state index contributed by atoms with van der Waals surface area (Å²) >= 11 is 0. The summed E-state index contributed by atoms with van der Waals surface area (Å²) in [6.07, 6.45) is 4.67. The highest BCUT2D eigenvalue weighted by atomic mass is 16.1. The Morgan fingerprint density at radius 2 is 2.18 bits per heavy atom. The van der Waals surface area contributed by atoms with E-state index in [4.69, 9.17) is 5.73 Å². The Bertz CT molecular complexity index is 181. The molecule has 0 aliphatic carbocycles. The van der Waals surface area contributed by atoms with E-state index in [0.29, 0.717) is 6.04 Å². The molecule has 11 heavy (non-hydrogen) atoms. The van der Waals surface area contributed by atoms with Crippen molar-refractivity contribution >= 4 is 5.91 Å². The third kappa shape index (κ3) is 1.03. The molecular weight excluding hydrogens is 140 g/mol. The van der Waals surface area contributed by atoms with Crippen molar-refractivity contribution in [3.8, 4) is 0 Å². The first-order chi connectivity index (χ1) is 5.29. The summed E-state index contributed by atoms with van der Waals surface area (Å²) in [7, 11) is 0. The Kier molecular flexibility index (Phi) is 1.60. The Morgan fingerprint density at radius 3 is 2.91 bits per heavy atom. The molecule has 0 radical (unpaired) electrons. The van der Waals surface area contributed by atoms with Crippen molar-refractivity contribution in [2.75, 3.05) is 6.54 Å². The number of hydrogen-bond acceptors (Lipinski definition) is 2. The molecule has 2 aliphatic rings. The lowest BCUT2D eigenvalue weighted by atomic mass is 10.1. The van der Waals surface area contributed by atoms with Crippen molar-refractivity contribution in [2.24, 2.45) is 5.73 Å². The van der Waals surface area contributed by atoms with Crippen LogP contribution >= 0.6 is 0 Å². The smallest absolute Gasteiger partial charge is 0.234 e. The van der Waals surface area contributed by atoms with E-state index in [0.717, 1.165) is 13.0 Å². The number of carbonyl (C=O) groups is 1. The number of amides is 1. The van der Waals surface area contributed by atoms with E-state index in [9.17, 15) is 4.79 Å². The highest BCUT2D eigenvalue weighted by molar-refractivity contribution is 5.80. The average molecular weight is 154 g/mol. The van der Waals surface area contributed by atoms with Gasteiger partial charge in [-0.3, -0.25) is 9.69 Å². The molecule has 2 unspecified atom stereocenters. The Balaban J connectivity index is 2.08. The van der Waals surface area contributed by atoms with E-state index >= 15 is 0 Å². The van der Waals surface area contributed by atoms with Crippen LogP contribution < -0.4 is 5.73 Å². The SMILES string of the molecule is NC(=O)C1CCC2CCCN21. The number of rotatable bonds is 1. The molecule has 2 saturated heterocycles. The van der Waals surface area contributed by atoms with Gasteiger partial charge in [0, 0.05) is 6.04 Å². The summed E-state index contributed by atoms with van der Waals surface area (Å²) in [6.45, 7) is 1.08. The standard InChI is InChI=1S/C8H14N2O/c9-8(11)7-4-3-6-2-1-5-10(6)7/h6-7H,1-5H2,(H2,9,11). The molecule has 2 rings (SSSR count). The van der Waals surface area contributed by atoms with Crippen molar-refractivity contribution in [1.29, 1.82) is 0 Å². The van der Waals surface area contributed by atoms with Gasteiger partial charge in [0.25, 0.3) is 0 Å². The third-order valence-corrected chi connectivity index (χ3v) is 2.92. The van der Waals surface area contributed by atoms with Crippen molar-refractivity contribution < 1.29 is 4.79 Å². The number of fused-ring (bicyclic) bond motifs is 1. The maximum absolute atomic E-state index is 10.9. The van der Waals surface area contributed by atoms with Gasteiger partial charge in [-0.25, -0.2) is 0 Å². The average Bonchev–Trinajstić information content (AvgIpc) is 2.41. The fraction of sp³-hybridized carbons (Fsp3) is 0.875. The highest BCUT2D eigenvalue weighted by Gasteiger charge is 2.38. The fourth-order valence-electron chi connectivity index (χ4n) is 2.40. The molecule has 0 aromatic heterocycles. The third-order valence-electron chi connectivity index (χ3n) is 2.92. The molecule has 0 spiro atoms. The zero-order valence-corrected chi connectivity index (χ0v) is 6.62. The first kappa shape index (κ1) is 7.10. The van der Waals surface area contributed by atoms with Gasteiger partial charge in [0.05, 0.1) is 6.04 Å². The van der Waals surface area contributed by atoms with Gasteiger partial charge in [-0.2, -0.15) is 0 Å². The molecule has 62 valence electrons. The number of hydrogen-bond donors (Lipinski definition) is 1. The summed E-state index contributed by atoms with van der Waals surface area (Å²) in [6, 6.07) is 0.731. The van der Waals surface area contributed by atoms with Gasteiger partial charge in [0.15, 0.2) is 0 Å². The molecule has 3 nitrogen and oxygen atoms in total. The van der Waals surface area contributed by atoms with Crippen LogP contribution in [0.4, 0.5) is 0 Å². The van der Waals surface area contributed by atoms with Crippen LogP contribution in [0.2, 0.25) is 0 Å². The van der Waals surface area contributed by atoms with E-state index in [2.05, 4.69) is 4.90 Å². The quantitative estimate of drug-likeness (QED) is 0.582. The molecule has 2 aliphatic heterocycles. The maximum Gasteiger partial charge on any atom is 0.234 e. The molecule has 2 fully saturated rings. The minimum atomic E-state index is -0.130. The van der Waals surface area contributed by atoms with Gasteiger partial charge in [0.1, 0.15) is 0 Å². The van der Waals surface area contributed by atoms with E-state index in [1.54, 1.807) is 0 Å². The van der Waals surface area contributed by atoms with Crippen LogP contribution in [0.5, 0.6) is 0 Å². The van der Waals surface area contributed by atoms with E-state index in [1.165, 1.54) is 19.3 Å². The monoisotopic (exact) mass is 154 g/mol. The summed E-state index contributed by atoms with van der Waals surface area (Å²) in [5.41, 5.74) is 5.27. The van der Waals surface area contributed by atoms with Crippen LogP contribution in [0.1, 0.15) is 25.7 Å². The van der Waals surface area contributed by atoms with Gasteiger partial charge < -0.3 is 5.73 Å². The second-order valence-electron chi connectivity index (χ2n) is 3.53. The first-order valence-corrected chi connectivity index (χ1v) is 4.34. The summed E-state index contributed by atoms with van der Waals surface area (Å²) in [5, 5.41) is 0. The second-order valence-corrected chi connectivity index (χ2v) is 3.53. The zero-order valence-electron chi connectivity index (χ0n) is 6.62. The van der Waals surface area contributed by atoms with Crippen molar-refractivity contribution in [1.82, 2.24) is 4.90 Å². The topological polar surface area (TPSA) is 46.3 Å². The molecule has 1 amide bonds. The lowest BCUT2D eigenvalue weighted by molar-refractivity contribution is -0.122. The Hall–Kier alpha value is -0.570. The molecular formula is C8H14N2O. The summed E-state index contributed by atoms with van der Waals surface area (Å²) in [4.78, 5) is 13.2. The van der Waals surface area contributed by atoms with Gasteiger partial charge >= 0.3 is 0 Å². The van der Waals surface area contributed by atoms with Gasteiger partial charge in [-0.1, -0.05) is 0 Å². The number of carbonyl (C=O) groups excluding carboxylic acids is 1. The van der Waals surface area contributed by atoms with Crippen LogP contribution in [-0.4, -0.2) is 29.4 Å². The predicted molar refractivity (Wildman–Crippen MR) is 41.9 cm³/mol. The zero-order chi connectivity index (χ0) is 7.84. The summed E-state index contributed by atoms with van der Waals surface area (Å²) in [5.74, 6) is -0.130. The molecule has 3 heteroatoms. The number of primary amides is 1. The van der Waals surface area contributed by atoms with Gasteiger partial charge in [0.2, 0.25) is 5.91 Å². The highest BCUT2D eigenvalue weighted by Crippen LogP contribution is 2.31. The van der Waals surface area contributed by atoms with E-state index in [-0.39, 0.29) is 11.9 Å². The van der Waals surface area contributed by atoms with Crippen molar-refractivity contribution in [3.05, 3.63) is 0 Å². The van der Waals surface area contributed by atoms with E-state index in [1.807, 2.05) is 0 Å². The van der Waals surface area contributed by atoms with E-state index < -0.39 is 0 Å². The molecule has 2 heterocycles. The second kappa shape index (κ2) is 2.48. The molecule has 2 N–H and O–H groups in total. The number of nitrogens with two attached hydrogens (primary N) is 1. The molecule has 0 bridgehead atoms. The lowest BCUT2D eigenvalue weighted by Gasteiger charge is -2.20. The van der Waals surface area contributed by atoms with Crippen molar-refractivity contribution in [3.63, 3.8) is 0 Å². The lowest BCUT2D eigenvalue weighted by Crippen LogP contribution is -2.40. The Morgan fingerprint density at radius 1 is 1.36 bits per heavy atom. The van der Waals surface area contributed by atoms with Crippen LogP contribution in [0.15, 0.2) is 0 Å².